The van der Waals surface area contributed by atoms with E-state index >= 15 is 0 Å². The number of hydrogen-bond donors (Lipinski definition) is 1. The predicted octanol–water partition coefficient (Wildman–Crippen LogP) is 4.61. The third-order valence-electron chi connectivity index (χ3n) is 4.92. The molecule has 1 amide bonds. The van der Waals surface area contributed by atoms with Crippen molar-refractivity contribution in [3.63, 3.8) is 0 Å². The molecule has 0 atom stereocenters. The lowest BCUT2D eigenvalue weighted by Crippen LogP contribution is -2.32. The van der Waals surface area contributed by atoms with E-state index in [1.165, 1.54) is 31.3 Å². The van der Waals surface area contributed by atoms with Gasteiger partial charge in [0.05, 0.1) is 12.7 Å². The number of carboxylic acid groups (broad SMARTS) is 1. The summed E-state index contributed by atoms with van der Waals surface area (Å²) in [5.74, 6) is -2.25. The van der Waals surface area contributed by atoms with Crippen molar-refractivity contribution in [2.45, 2.75) is 12.6 Å². The molecule has 0 radical (unpaired) electrons. The zero-order chi connectivity index (χ0) is 22.8. The SMILES string of the molecule is COc1ccc2c(C(=O)N(C)CC(=O)O)c(Cc3ccccc3)ccc2c1C(F)(F)F. The Morgan fingerprint density at radius 2 is 1.65 bits per heavy atom. The van der Waals surface area contributed by atoms with Crippen LogP contribution in [0.15, 0.2) is 54.6 Å². The molecule has 31 heavy (non-hydrogen) atoms. The molecule has 5 nitrogen and oxygen atoms in total. The number of aliphatic carboxylic acids is 1. The van der Waals surface area contributed by atoms with E-state index in [1.807, 2.05) is 30.3 Å². The summed E-state index contributed by atoms with van der Waals surface area (Å²) in [6.07, 6.45) is -4.41. The first-order chi connectivity index (χ1) is 14.6. The third-order valence-corrected chi connectivity index (χ3v) is 4.92. The number of rotatable bonds is 6. The van der Waals surface area contributed by atoms with Gasteiger partial charge >= 0.3 is 12.1 Å². The minimum atomic E-state index is -4.71. The second kappa shape index (κ2) is 8.67. The minimum absolute atomic E-state index is 0.0401. The Hall–Kier alpha value is -3.55. The largest absolute Gasteiger partial charge is 0.496 e. The van der Waals surface area contributed by atoms with Crippen LogP contribution in [-0.4, -0.2) is 42.6 Å². The van der Waals surface area contributed by atoms with E-state index in [1.54, 1.807) is 0 Å². The first kappa shape index (κ1) is 22.1. The van der Waals surface area contributed by atoms with Crippen LogP contribution in [0.2, 0.25) is 0 Å². The number of benzene rings is 3. The highest BCUT2D eigenvalue weighted by atomic mass is 19.4. The van der Waals surface area contributed by atoms with Gasteiger partial charge < -0.3 is 14.7 Å². The number of fused-ring (bicyclic) bond motifs is 1. The van der Waals surface area contributed by atoms with Crippen molar-refractivity contribution >= 4 is 22.6 Å². The number of ether oxygens (including phenoxy) is 1. The Morgan fingerprint density at radius 1 is 1.00 bits per heavy atom. The molecule has 0 bridgehead atoms. The molecular formula is C23H20F3NO4. The molecule has 0 heterocycles. The molecule has 0 spiro atoms. The molecule has 3 rings (SSSR count). The number of methoxy groups -OCH3 is 1. The maximum atomic E-state index is 13.8. The van der Waals surface area contributed by atoms with Gasteiger partial charge in [0.25, 0.3) is 5.91 Å². The summed E-state index contributed by atoms with van der Waals surface area (Å²) < 4.78 is 46.4. The normalized spacial score (nSPS) is 11.4. The lowest BCUT2D eigenvalue weighted by Gasteiger charge is -2.21. The van der Waals surface area contributed by atoms with Crippen molar-refractivity contribution in [2.75, 3.05) is 20.7 Å². The summed E-state index contributed by atoms with van der Waals surface area (Å²) in [4.78, 5) is 25.2. The van der Waals surface area contributed by atoms with Gasteiger partial charge in [0.1, 0.15) is 17.9 Å². The van der Waals surface area contributed by atoms with Crippen LogP contribution in [0, 0.1) is 0 Å². The summed E-state index contributed by atoms with van der Waals surface area (Å²) >= 11 is 0. The van der Waals surface area contributed by atoms with Crippen molar-refractivity contribution in [3.8, 4) is 5.75 Å². The van der Waals surface area contributed by atoms with Gasteiger partial charge in [-0.3, -0.25) is 9.59 Å². The fourth-order valence-corrected chi connectivity index (χ4v) is 3.57. The standard InChI is InChI=1S/C23H20F3NO4/c1-27(13-19(28)29)22(30)20-15(12-14-6-4-3-5-7-14)8-9-17-16(20)10-11-18(31-2)21(17)23(24,25)26/h3-11H,12-13H2,1-2H3,(H,28,29). The van der Waals surface area contributed by atoms with Crippen LogP contribution in [0.5, 0.6) is 5.75 Å². The quantitative estimate of drug-likeness (QED) is 0.619. The lowest BCUT2D eigenvalue weighted by molar-refractivity contribution is -0.138. The maximum Gasteiger partial charge on any atom is 0.420 e. The van der Waals surface area contributed by atoms with E-state index < -0.39 is 30.2 Å². The average molecular weight is 431 g/mol. The molecular weight excluding hydrogens is 411 g/mol. The van der Waals surface area contributed by atoms with Crippen LogP contribution in [0.1, 0.15) is 27.0 Å². The van der Waals surface area contributed by atoms with Crippen LogP contribution in [0.3, 0.4) is 0 Å². The van der Waals surface area contributed by atoms with Crippen LogP contribution in [0.25, 0.3) is 10.8 Å². The molecule has 1 N–H and O–H groups in total. The van der Waals surface area contributed by atoms with E-state index in [2.05, 4.69) is 0 Å². The van der Waals surface area contributed by atoms with Crippen LogP contribution >= 0.6 is 0 Å². The molecule has 0 fully saturated rings. The third kappa shape index (κ3) is 4.63. The Labute approximate surface area is 176 Å². The number of carbonyl (C=O) groups is 2. The summed E-state index contributed by atoms with van der Waals surface area (Å²) in [6, 6.07) is 14.5. The first-order valence-corrected chi connectivity index (χ1v) is 9.34. The molecule has 0 aromatic heterocycles. The monoisotopic (exact) mass is 431 g/mol. The van der Waals surface area contributed by atoms with Crippen molar-refractivity contribution in [1.29, 1.82) is 0 Å². The second-order valence-corrected chi connectivity index (χ2v) is 7.05. The van der Waals surface area contributed by atoms with Gasteiger partial charge in [-0.05, 0) is 40.5 Å². The molecule has 0 aliphatic carbocycles. The molecule has 3 aromatic rings. The van der Waals surface area contributed by atoms with Gasteiger partial charge in [-0.25, -0.2) is 0 Å². The van der Waals surface area contributed by atoms with Crippen LogP contribution in [0.4, 0.5) is 13.2 Å². The van der Waals surface area contributed by atoms with Crippen molar-refractivity contribution < 1.29 is 32.6 Å². The Bertz CT molecular complexity index is 1130. The zero-order valence-corrected chi connectivity index (χ0v) is 16.9. The Morgan fingerprint density at radius 3 is 2.23 bits per heavy atom. The predicted molar refractivity (Wildman–Crippen MR) is 109 cm³/mol. The highest BCUT2D eigenvalue weighted by molar-refractivity contribution is 6.10. The number of likely N-dealkylation sites (N-methyl/N-ethyl adjacent to an activating group) is 1. The fraction of sp³-hybridized carbons (Fsp3) is 0.217. The van der Waals surface area contributed by atoms with E-state index in [0.717, 1.165) is 17.6 Å². The summed E-state index contributed by atoms with van der Waals surface area (Å²) in [6.45, 7) is -0.581. The van der Waals surface area contributed by atoms with E-state index in [4.69, 9.17) is 9.84 Å². The number of amides is 1. The maximum absolute atomic E-state index is 13.8. The number of carboxylic acids is 1. The van der Waals surface area contributed by atoms with E-state index in [0.29, 0.717) is 12.0 Å². The zero-order valence-electron chi connectivity index (χ0n) is 16.9. The number of nitrogens with zero attached hydrogens (tertiary/aromatic N) is 1. The molecule has 162 valence electrons. The molecule has 0 saturated heterocycles. The number of hydrogen-bond acceptors (Lipinski definition) is 3. The fourth-order valence-electron chi connectivity index (χ4n) is 3.57. The van der Waals surface area contributed by atoms with Crippen molar-refractivity contribution in [3.05, 3.63) is 76.9 Å². The van der Waals surface area contributed by atoms with Crippen molar-refractivity contribution in [2.24, 2.45) is 0 Å². The topological polar surface area (TPSA) is 66.8 Å². The molecule has 0 unspecified atom stereocenters. The van der Waals surface area contributed by atoms with Gasteiger partial charge in [0.2, 0.25) is 0 Å². The number of carbonyl (C=O) groups excluding carboxylic acids is 1. The summed E-state index contributed by atoms with van der Waals surface area (Å²) in [5.41, 5.74) is 0.424. The van der Waals surface area contributed by atoms with Gasteiger partial charge in [0, 0.05) is 7.05 Å². The average Bonchev–Trinajstić information content (AvgIpc) is 2.71. The smallest absolute Gasteiger partial charge is 0.420 e. The Balaban J connectivity index is 2.28. The van der Waals surface area contributed by atoms with E-state index in [-0.39, 0.29) is 22.1 Å². The Kier molecular flexibility index (Phi) is 6.19. The van der Waals surface area contributed by atoms with Gasteiger partial charge in [0.15, 0.2) is 0 Å². The summed E-state index contributed by atoms with van der Waals surface area (Å²) in [5, 5.41) is 8.96. The van der Waals surface area contributed by atoms with Gasteiger partial charge in [-0.1, -0.05) is 42.5 Å². The van der Waals surface area contributed by atoms with Gasteiger partial charge in [-0.15, -0.1) is 0 Å². The first-order valence-electron chi connectivity index (χ1n) is 9.34. The van der Waals surface area contributed by atoms with Crippen LogP contribution in [-0.2, 0) is 17.4 Å². The minimum Gasteiger partial charge on any atom is -0.496 e. The molecule has 3 aromatic carbocycles. The van der Waals surface area contributed by atoms with E-state index in [9.17, 15) is 22.8 Å². The highest BCUT2D eigenvalue weighted by Crippen LogP contribution is 2.42. The number of halogens is 3. The van der Waals surface area contributed by atoms with Gasteiger partial charge in [-0.2, -0.15) is 13.2 Å². The molecule has 0 saturated carbocycles. The van der Waals surface area contributed by atoms with Crippen molar-refractivity contribution in [1.82, 2.24) is 4.90 Å². The number of alkyl halides is 3. The molecule has 0 aliphatic heterocycles. The van der Waals surface area contributed by atoms with Crippen LogP contribution < -0.4 is 4.74 Å². The highest BCUT2D eigenvalue weighted by Gasteiger charge is 2.37. The molecule has 0 aliphatic rings. The second-order valence-electron chi connectivity index (χ2n) is 7.05. The molecule has 8 heteroatoms. The lowest BCUT2D eigenvalue weighted by atomic mass is 9.91. The summed E-state index contributed by atoms with van der Waals surface area (Å²) in [7, 11) is 2.45.